The van der Waals surface area contributed by atoms with E-state index in [0.717, 1.165) is 31.6 Å². The van der Waals surface area contributed by atoms with Crippen molar-refractivity contribution in [1.82, 2.24) is 10.2 Å². The number of H-pyrrole nitrogens is 1. The third-order valence-corrected chi connectivity index (χ3v) is 2.35. The van der Waals surface area contributed by atoms with Crippen LogP contribution in [0.25, 0.3) is 0 Å². The van der Waals surface area contributed by atoms with E-state index in [1.807, 2.05) is 0 Å². The van der Waals surface area contributed by atoms with Crippen LogP contribution in [0.15, 0.2) is 0 Å². The van der Waals surface area contributed by atoms with Gasteiger partial charge in [-0.3, -0.25) is 5.10 Å². The van der Waals surface area contributed by atoms with Gasteiger partial charge in [0.1, 0.15) is 0 Å². The highest BCUT2D eigenvalue weighted by Gasteiger charge is 2.09. The van der Waals surface area contributed by atoms with Gasteiger partial charge in [-0.15, -0.1) is 0 Å². The van der Waals surface area contributed by atoms with Crippen LogP contribution in [0, 0.1) is 0 Å². The van der Waals surface area contributed by atoms with Gasteiger partial charge < -0.3 is 5.32 Å². The van der Waals surface area contributed by atoms with E-state index in [4.69, 9.17) is 0 Å². The predicted octanol–water partition coefficient (Wildman–Crippen LogP) is 2.75. The second-order valence-corrected chi connectivity index (χ2v) is 3.56. The lowest BCUT2D eigenvalue weighted by Crippen LogP contribution is -2.02. The zero-order valence-corrected chi connectivity index (χ0v) is 9.48. The summed E-state index contributed by atoms with van der Waals surface area (Å²) in [5.74, 6) is 1.05. The smallest absolute Gasteiger partial charge is 0.151 e. The van der Waals surface area contributed by atoms with E-state index in [2.05, 4.69) is 36.3 Å². The molecule has 1 aromatic heterocycles. The molecule has 0 fully saturated rings. The van der Waals surface area contributed by atoms with Crippen LogP contribution in [-0.2, 0) is 12.8 Å². The van der Waals surface area contributed by atoms with Crippen LogP contribution >= 0.6 is 0 Å². The molecule has 80 valence electrons. The van der Waals surface area contributed by atoms with E-state index in [1.54, 1.807) is 0 Å². The van der Waals surface area contributed by atoms with Crippen LogP contribution in [0.3, 0.4) is 0 Å². The van der Waals surface area contributed by atoms with Crippen molar-refractivity contribution in [3.05, 3.63) is 11.3 Å². The Balaban J connectivity index is 2.73. The fourth-order valence-corrected chi connectivity index (χ4v) is 1.63. The molecule has 0 radical (unpaired) electrons. The maximum atomic E-state index is 4.31. The average Bonchev–Trinajstić information content (AvgIpc) is 2.58. The largest absolute Gasteiger partial charge is 0.368 e. The third-order valence-electron chi connectivity index (χ3n) is 2.35. The van der Waals surface area contributed by atoms with Crippen molar-refractivity contribution in [3.63, 3.8) is 0 Å². The van der Waals surface area contributed by atoms with Crippen LogP contribution in [0.4, 0.5) is 5.82 Å². The monoisotopic (exact) mass is 195 g/mol. The second-order valence-electron chi connectivity index (χ2n) is 3.56. The summed E-state index contributed by atoms with van der Waals surface area (Å²) >= 11 is 0. The van der Waals surface area contributed by atoms with Crippen molar-refractivity contribution in [3.8, 4) is 0 Å². The van der Waals surface area contributed by atoms with Crippen molar-refractivity contribution in [2.75, 3.05) is 11.9 Å². The number of anilines is 1. The Morgan fingerprint density at radius 2 is 2.00 bits per heavy atom. The maximum absolute atomic E-state index is 4.31. The molecule has 0 saturated carbocycles. The quantitative estimate of drug-likeness (QED) is 0.732. The predicted molar refractivity (Wildman–Crippen MR) is 60.7 cm³/mol. The topological polar surface area (TPSA) is 40.7 Å². The molecule has 2 N–H and O–H groups in total. The van der Waals surface area contributed by atoms with Gasteiger partial charge in [0.2, 0.25) is 0 Å². The maximum Gasteiger partial charge on any atom is 0.151 e. The van der Waals surface area contributed by atoms with Gasteiger partial charge in [-0.05, 0) is 19.3 Å². The fourth-order valence-electron chi connectivity index (χ4n) is 1.63. The molecule has 0 aliphatic heterocycles. The zero-order chi connectivity index (χ0) is 10.4. The number of aryl methyl sites for hydroxylation is 1. The van der Waals surface area contributed by atoms with Gasteiger partial charge in [-0.25, -0.2) is 0 Å². The van der Waals surface area contributed by atoms with Gasteiger partial charge in [0.25, 0.3) is 0 Å². The first-order valence-electron chi connectivity index (χ1n) is 5.63. The molecule has 0 aliphatic rings. The molecule has 14 heavy (non-hydrogen) atoms. The van der Waals surface area contributed by atoms with Crippen molar-refractivity contribution in [1.29, 1.82) is 0 Å². The lowest BCUT2D eigenvalue weighted by molar-refractivity contribution is 0.854. The van der Waals surface area contributed by atoms with Crippen molar-refractivity contribution < 1.29 is 0 Å². The number of nitrogens with zero attached hydrogens (tertiary/aromatic N) is 1. The zero-order valence-electron chi connectivity index (χ0n) is 9.48. The lowest BCUT2D eigenvalue weighted by Gasteiger charge is -2.03. The van der Waals surface area contributed by atoms with E-state index in [0.29, 0.717) is 0 Å². The molecule has 3 heteroatoms. The lowest BCUT2D eigenvalue weighted by atomic mass is 10.1. The molecule has 3 nitrogen and oxygen atoms in total. The second kappa shape index (κ2) is 5.68. The first-order valence-corrected chi connectivity index (χ1v) is 5.63. The average molecular weight is 195 g/mol. The first-order chi connectivity index (χ1) is 6.83. The molecule has 0 spiro atoms. The molecular formula is C11H21N3. The number of nitrogens with one attached hydrogen (secondary N) is 2. The number of rotatable bonds is 6. The third kappa shape index (κ3) is 2.50. The van der Waals surface area contributed by atoms with Gasteiger partial charge in [-0.1, -0.05) is 27.2 Å². The van der Waals surface area contributed by atoms with E-state index in [1.165, 1.54) is 17.7 Å². The van der Waals surface area contributed by atoms with Crippen LogP contribution in [-0.4, -0.2) is 16.7 Å². The molecular weight excluding hydrogens is 174 g/mol. The summed E-state index contributed by atoms with van der Waals surface area (Å²) in [5.41, 5.74) is 2.66. The number of aromatic amines is 1. The Hall–Kier alpha value is -0.990. The van der Waals surface area contributed by atoms with Gasteiger partial charge in [0, 0.05) is 17.8 Å². The van der Waals surface area contributed by atoms with Crippen molar-refractivity contribution in [2.24, 2.45) is 0 Å². The molecule has 0 aliphatic carbocycles. The molecule has 0 saturated heterocycles. The highest BCUT2D eigenvalue weighted by Crippen LogP contribution is 2.18. The van der Waals surface area contributed by atoms with Gasteiger partial charge >= 0.3 is 0 Å². The van der Waals surface area contributed by atoms with Crippen LogP contribution < -0.4 is 5.32 Å². The molecule has 0 aromatic carbocycles. The number of hydrogen-bond acceptors (Lipinski definition) is 2. The summed E-state index contributed by atoms with van der Waals surface area (Å²) in [6.07, 6.45) is 4.46. The Kier molecular flexibility index (Phi) is 4.50. The Labute approximate surface area is 86.3 Å². The normalized spacial score (nSPS) is 10.5. The SMILES string of the molecule is CCCNc1n[nH]c(CCC)c1CC. The fraction of sp³-hybridized carbons (Fsp3) is 0.727. The van der Waals surface area contributed by atoms with E-state index in [9.17, 15) is 0 Å². The molecule has 1 rings (SSSR count). The summed E-state index contributed by atoms with van der Waals surface area (Å²) in [5, 5.41) is 10.8. The first kappa shape index (κ1) is 11.1. The molecule has 1 heterocycles. The van der Waals surface area contributed by atoms with Crippen molar-refractivity contribution >= 4 is 5.82 Å². The highest BCUT2D eigenvalue weighted by molar-refractivity contribution is 5.46. The summed E-state index contributed by atoms with van der Waals surface area (Å²) in [4.78, 5) is 0. The summed E-state index contributed by atoms with van der Waals surface area (Å²) in [6, 6.07) is 0. The summed E-state index contributed by atoms with van der Waals surface area (Å²) in [6.45, 7) is 7.54. The van der Waals surface area contributed by atoms with Crippen LogP contribution in [0.2, 0.25) is 0 Å². The standard InChI is InChI=1S/C11H21N3/c1-4-7-10-9(6-3)11(14-13-10)12-8-5-2/h4-8H2,1-3H3,(H2,12,13,14). The molecule has 0 amide bonds. The van der Waals surface area contributed by atoms with E-state index < -0.39 is 0 Å². The van der Waals surface area contributed by atoms with Crippen molar-refractivity contribution in [2.45, 2.75) is 46.5 Å². The van der Waals surface area contributed by atoms with E-state index >= 15 is 0 Å². The highest BCUT2D eigenvalue weighted by atomic mass is 15.2. The molecule has 0 bridgehead atoms. The minimum absolute atomic E-state index is 1.00. The van der Waals surface area contributed by atoms with Crippen LogP contribution in [0.1, 0.15) is 44.9 Å². The minimum atomic E-state index is 1.00. The van der Waals surface area contributed by atoms with Gasteiger partial charge in [-0.2, -0.15) is 5.10 Å². The Bertz CT molecular complexity index is 265. The minimum Gasteiger partial charge on any atom is -0.368 e. The van der Waals surface area contributed by atoms with E-state index in [-0.39, 0.29) is 0 Å². The van der Waals surface area contributed by atoms with Gasteiger partial charge in [0.15, 0.2) is 5.82 Å². The number of hydrogen-bond donors (Lipinski definition) is 2. The Morgan fingerprint density at radius 1 is 1.21 bits per heavy atom. The number of aromatic nitrogens is 2. The van der Waals surface area contributed by atoms with Gasteiger partial charge in [0.05, 0.1) is 0 Å². The molecule has 1 aromatic rings. The molecule has 0 atom stereocenters. The summed E-state index contributed by atoms with van der Waals surface area (Å²) in [7, 11) is 0. The molecule has 0 unspecified atom stereocenters. The Morgan fingerprint density at radius 3 is 2.57 bits per heavy atom. The summed E-state index contributed by atoms with van der Waals surface area (Å²) < 4.78 is 0. The van der Waals surface area contributed by atoms with Crippen LogP contribution in [0.5, 0.6) is 0 Å².